The van der Waals surface area contributed by atoms with Crippen LogP contribution < -0.4 is 5.32 Å². The third-order valence-corrected chi connectivity index (χ3v) is 2.07. The standard InChI is InChI=1S/C11H9BrFNO/c1-8(15)14-6-2-3-9-4-5-10(12)7-11(9)13/h4-5,7H,6H2,1H3,(H,14,15). The molecule has 0 saturated heterocycles. The summed E-state index contributed by atoms with van der Waals surface area (Å²) < 4.78 is 13.9. The fourth-order valence-corrected chi connectivity index (χ4v) is 1.23. The zero-order chi connectivity index (χ0) is 11.3. The molecule has 0 unspecified atom stereocenters. The van der Waals surface area contributed by atoms with Gasteiger partial charge in [-0.15, -0.1) is 0 Å². The molecule has 0 aromatic heterocycles. The highest BCUT2D eigenvalue weighted by Gasteiger charge is 1.98. The summed E-state index contributed by atoms with van der Waals surface area (Å²) in [6, 6.07) is 4.65. The van der Waals surface area contributed by atoms with Crippen LogP contribution in [0.3, 0.4) is 0 Å². The molecule has 0 atom stereocenters. The molecule has 0 bridgehead atoms. The highest BCUT2D eigenvalue weighted by molar-refractivity contribution is 9.10. The Labute approximate surface area is 96.0 Å². The van der Waals surface area contributed by atoms with Crippen molar-refractivity contribution in [3.05, 3.63) is 34.1 Å². The lowest BCUT2D eigenvalue weighted by Gasteiger charge is -1.95. The van der Waals surface area contributed by atoms with Crippen molar-refractivity contribution in [2.75, 3.05) is 6.54 Å². The molecule has 1 N–H and O–H groups in total. The Kier molecular flexibility index (Phi) is 4.32. The van der Waals surface area contributed by atoms with Crippen LogP contribution in [0.1, 0.15) is 12.5 Å². The number of carbonyl (C=O) groups is 1. The number of hydrogen-bond donors (Lipinski definition) is 1. The van der Waals surface area contributed by atoms with Crippen molar-refractivity contribution >= 4 is 21.8 Å². The molecule has 0 aliphatic heterocycles. The summed E-state index contributed by atoms with van der Waals surface area (Å²) >= 11 is 3.15. The minimum Gasteiger partial charge on any atom is -0.345 e. The van der Waals surface area contributed by atoms with E-state index in [1.165, 1.54) is 13.0 Å². The third kappa shape index (κ3) is 4.13. The van der Waals surface area contributed by atoms with Crippen LogP contribution in [-0.4, -0.2) is 12.5 Å². The van der Waals surface area contributed by atoms with Gasteiger partial charge in [-0.3, -0.25) is 4.79 Å². The van der Waals surface area contributed by atoms with Crippen molar-refractivity contribution in [3.63, 3.8) is 0 Å². The first-order chi connectivity index (χ1) is 7.09. The van der Waals surface area contributed by atoms with E-state index in [9.17, 15) is 9.18 Å². The van der Waals surface area contributed by atoms with Crippen LogP contribution in [0.2, 0.25) is 0 Å². The average molecular weight is 270 g/mol. The molecule has 0 radical (unpaired) electrons. The lowest BCUT2D eigenvalue weighted by Crippen LogP contribution is -2.19. The van der Waals surface area contributed by atoms with Crippen LogP contribution in [0.25, 0.3) is 0 Å². The van der Waals surface area contributed by atoms with Gasteiger partial charge >= 0.3 is 0 Å². The molecule has 1 amide bonds. The third-order valence-electron chi connectivity index (χ3n) is 1.58. The molecule has 0 aliphatic carbocycles. The van der Waals surface area contributed by atoms with E-state index in [1.54, 1.807) is 12.1 Å². The van der Waals surface area contributed by atoms with E-state index in [0.717, 1.165) is 0 Å². The molecule has 4 heteroatoms. The minimum atomic E-state index is -0.375. The predicted molar refractivity (Wildman–Crippen MR) is 59.7 cm³/mol. The summed E-state index contributed by atoms with van der Waals surface area (Å²) in [5.41, 5.74) is 0.323. The molecule has 1 aromatic carbocycles. The lowest BCUT2D eigenvalue weighted by molar-refractivity contribution is -0.118. The SMILES string of the molecule is CC(=O)NCC#Cc1ccc(Br)cc1F. The normalized spacial score (nSPS) is 9.00. The first-order valence-corrected chi connectivity index (χ1v) is 5.07. The smallest absolute Gasteiger partial charge is 0.217 e. The number of carbonyl (C=O) groups excluding carboxylic acids is 1. The van der Waals surface area contributed by atoms with E-state index < -0.39 is 0 Å². The topological polar surface area (TPSA) is 29.1 Å². The number of hydrogen-bond acceptors (Lipinski definition) is 1. The molecular formula is C11H9BrFNO. The zero-order valence-corrected chi connectivity index (χ0v) is 9.69. The number of amides is 1. The lowest BCUT2D eigenvalue weighted by atomic mass is 10.2. The average Bonchev–Trinajstić information content (AvgIpc) is 2.14. The van der Waals surface area contributed by atoms with E-state index in [0.29, 0.717) is 10.0 Å². The quantitative estimate of drug-likeness (QED) is 0.778. The van der Waals surface area contributed by atoms with Gasteiger partial charge in [-0.05, 0) is 18.2 Å². The Balaban J connectivity index is 2.67. The van der Waals surface area contributed by atoms with Gasteiger partial charge in [0.25, 0.3) is 0 Å². The number of halogens is 2. The Morgan fingerprint density at radius 3 is 2.93 bits per heavy atom. The van der Waals surface area contributed by atoms with E-state index in [2.05, 4.69) is 33.1 Å². The van der Waals surface area contributed by atoms with Crippen LogP contribution >= 0.6 is 15.9 Å². The first kappa shape index (κ1) is 11.7. The van der Waals surface area contributed by atoms with Gasteiger partial charge in [0.1, 0.15) is 5.82 Å². The van der Waals surface area contributed by atoms with Crippen molar-refractivity contribution in [1.29, 1.82) is 0 Å². The van der Waals surface area contributed by atoms with Gasteiger partial charge in [-0.2, -0.15) is 0 Å². The van der Waals surface area contributed by atoms with Gasteiger partial charge in [-0.25, -0.2) is 4.39 Å². The minimum absolute atomic E-state index is 0.152. The molecule has 0 aliphatic rings. The zero-order valence-electron chi connectivity index (χ0n) is 8.10. The summed E-state index contributed by atoms with van der Waals surface area (Å²) in [4.78, 5) is 10.5. The van der Waals surface area contributed by atoms with Gasteiger partial charge in [0.2, 0.25) is 5.91 Å². The maximum atomic E-state index is 13.2. The van der Waals surface area contributed by atoms with E-state index in [-0.39, 0.29) is 18.3 Å². The van der Waals surface area contributed by atoms with Gasteiger partial charge in [-0.1, -0.05) is 27.8 Å². The number of benzene rings is 1. The fraction of sp³-hybridized carbons (Fsp3) is 0.182. The molecular weight excluding hydrogens is 261 g/mol. The van der Waals surface area contributed by atoms with Crippen molar-refractivity contribution in [2.24, 2.45) is 0 Å². The largest absolute Gasteiger partial charge is 0.345 e. The summed E-state index contributed by atoms with van der Waals surface area (Å²) in [5.74, 6) is 4.76. The summed E-state index contributed by atoms with van der Waals surface area (Å²) in [7, 11) is 0. The Hall–Kier alpha value is -1.34. The first-order valence-electron chi connectivity index (χ1n) is 4.28. The maximum absolute atomic E-state index is 13.2. The maximum Gasteiger partial charge on any atom is 0.217 e. The van der Waals surface area contributed by atoms with Gasteiger partial charge in [0, 0.05) is 11.4 Å². The molecule has 0 fully saturated rings. The molecule has 0 saturated carbocycles. The second-order valence-electron chi connectivity index (χ2n) is 2.84. The van der Waals surface area contributed by atoms with Crippen LogP contribution in [0.15, 0.2) is 22.7 Å². The molecule has 0 spiro atoms. The molecule has 0 heterocycles. The van der Waals surface area contributed by atoms with Gasteiger partial charge in [0.15, 0.2) is 0 Å². The monoisotopic (exact) mass is 269 g/mol. The van der Waals surface area contributed by atoms with Gasteiger partial charge in [0.05, 0.1) is 12.1 Å². The van der Waals surface area contributed by atoms with Crippen molar-refractivity contribution in [2.45, 2.75) is 6.92 Å². The number of rotatable bonds is 1. The molecule has 1 aromatic rings. The van der Waals surface area contributed by atoms with Crippen molar-refractivity contribution in [3.8, 4) is 11.8 Å². The van der Waals surface area contributed by atoms with E-state index in [1.807, 2.05) is 0 Å². The Morgan fingerprint density at radius 2 is 2.33 bits per heavy atom. The fourth-order valence-electron chi connectivity index (χ4n) is 0.899. The van der Waals surface area contributed by atoms with Crippen LogP contribution in [0.5, 0.6) is 0 Å². The Morgan fingerprint density at radius 1 is 1.60 bits per heavy atom. The van der Waals surface area contributed by atoms with Gasteiger partial charge < -0.3 is 5.32 Å². The van der Waals surface area contributed by atoms with E-state index in [4.69, 9.17) is 0 Å². The number of nitrogens with one attached hydrogen (secondary N) is 1. The molecule has 1 rings (SSSR count). The highest BCUT2D eigenvalue weighted by atomic mass is 79.9. The Bertz CT molecular complexity index is 434. The van der Waals surface area contributed by atoms with Crippen LogP contribution in [0.4, 0.5) is 4.39 Å². The highest BCUT2D eigenvalue weighted by Crippen LogP contribution is 2.14. The summed E-state index contributed by atoms with van der Waals surface area (Å²) in [6.07, 6.45) is 0. The van der Waals surface area contributed by atoms with Crippen LogP contribution in [-0.2, 0) is 4.79 Å². The molecule has 2 nitrogen and oxygen atoms in total. The van der Waals surface area contributed by atoms with E-state index >= 15 is 0 Å². The van der Waals surface area contributed by atoms with Crippen LogP contribution in [0, 0.1) is 17.7 Å². The van der Waals surface area contributed by atoms with Crippen molar-refractivity contribution in [1.82, 2.24) is 5.32 Å². The molecule has 15 heavy (non-hydrogen) atoms. The second-order valence-corrected chi connectivity index (χ2v) is 3.75. The summed E-state index contributed by atoms with van der Waals surface area (Å²) in [5, 5.41) is 2.50. The summed E-state index contributed by atoms with van der Waals surface area (Å²) in [6.45, 7) is 1.63. The predicted octanol–water partition coefficient (Wildman–Crippen LogP) is 2.08. The second kappa shape index (κ2) is 5.52. The van der Waals surface area contributed by atoms with Crippen molar-refractivity contribution < 1.29 is 9.18 Å². The molecule has 78 valence electrons.